The molecule has 0 aromatic heterocycles. The van der Waals surface area contributed by atoms with Gasteiger partial charge in [0.2, 0.25) is 0 Å². The minimum atomic E-state index is -0.772. The van der Waals surface area contributed by atoms with Crippen molar-refractivity contribution in [3.8, 4) is 6.07 Å². The fraction of sp³-hybridized carbons (Fsp3) is 0.609. The molecule has 1 unspecified atom stereocenters. The maximum absolute atomic E-state index is 10.8. The summed E-state index contributed by atoms with van der Waals surface area (Å²) in [6.45, 7) is 9.42. The van der Waals surface area contributed by atoms with Gasteiger partial charge < -0.3 is 14.8 Å². The van der Waals surface area contributed by atoms with E-state index in [1.54, 1.807) is 6.92 Å². The second kappa shape index (κ2) is 11.0. The predicted octanol–water partition coefficient (Wildman–Crippen LogP) is 3.93. The van der Waals surface area contributed by atoms with Crippen LogP contribution in [-0.4, -0.2) is 48.4 Å². The van der Waals surface area contributed by atoms with Gasteiger partial charge in [-0.15, -0.1) is 0 Å². The number of nitriles is 1. The molecule has 4 rings (SSSR count). The van der Waals surface area contributed by atoms with Gasteiger partial charge in [-0.2, -0.15) is 5.26 Å². The predicted molar refractivity (Wildman–Crippen MR) is 114 cm³/mol. The van der Waals surface area contributed by atoms with Gasteiger partial charge in [0.25, 0.3) is 0 Å². The lowest BCUT2D eigenvalue weighted by Gasteiger charge is -2.43. The van der Waals surface area contributed by atoms with E-state index >= 15 is 0 Å². The van der Waals surface area contributed by atoms with E-state index in [0.717, 1.165) is 18.5 Å². The minimum Gasteiger partial charge on any atom is -0.481 e. The highest BCUT2D eigenvalue weighted by molar-refractivity contribution is 6.00. The number of carboxylic acid groups (broad SMARTS) is 1. The molecule has 1 N–H and O–H groups in total. The average Bonchev–Trinajstić information content (AvgIpc) is 2.73. The lowest BCUT2D eigenvalue weighted by molar-refractivity contribution is -0.138. The van der Waals surface area contributed by atoms with Crippen molar-refractivity contribution >= 4 is 11.7 Å². The lowest BCUT2D eigenvalue weighted by atomic mass is 9.77. The van der Waals surface area contributed by atoms with E-state index in [0.29, 0.717) is 23.5 Å². The van der Waals surface area contributed by atoms with Crippen molar-refractivity contribution in [3.05, 3.63) is 35.4 Å². The molecule has 0 radical (unpaired) electrons. The van der Waals surface area contributed by atoms with Crippen LogP contribution >= 0.6 is 0 Å². The van der Waals surface area contributed by atoms with Crippen molar-refractivity contribution in [1.82, 2.24) is 4.90 Å². The van der Waals surface area contributed by atoms with Gasteiger partial charge in [-0.25, -0.2) is 0 Å². The van der Waals surface area contributed by atoms with E-state index < -0.39 is 11.9 Å². The first-order chi connectivity index (χ1) is 13.8. The van der Waals surface area contributed by atoms with Gasteiger partial charge in [0, 0.05) is 12.5 Å². The molecule has 0 amide bonds. The fourth-order valence-corrected chi connectivity index (χ4v) is 4.10. The molecule has 6 nitrogen and oxygen atoms in total. The summed E-state index contributed by atoms with van der Waals surface area (Å²) < 4.78 is 0. The molecule has 158 valence electrons. The van der Waals surface area contributed by atoms with Gasteiger partial charge in [0.05, 0.1) is 5.92 Å². The maximum Gasteiger partial charge on any atom is 0.310 e. The highest BCUT2D eigenvalue weighted by Crippen LogP contribution is 2.33. The molecule has 3 aliphatic heterocycles. The molecular weight excluding hydrogens is 366 g/mol. The largest absolute Gasteiger partial charge is 0.481 e. The number of hydrogen-bond donors (Lipinski definition) is 1. The standard InChI is InChI=1S/C13H18O2.C10H15N3O/c1-9(2)8-11-4-6-12(7-5-11)10(3)13(14)15;1-14-12-10(6-11)9-7-13-4-2-8(9)3-5-13/h4-7,9-10H,8H2,1-3H3,(H,14,15);8-9H,2-5,7H2,1H3/b;12-10+/t;9-/m.0/s1. The third-order valence-corrected chi connectivity index (χ3v) is 5.81. The number of carboxylic acids is 1. The summed E-state index contributed by atoms with van der Waals surface area (Å²) in [4.78, 5) is 17.9. The first-order valence-corrected chi connectivity index (χ1v) is 10.4. The van der Waals surface area contributed by atoms with Crippen LogP contribution in [0.25, 0.3) is 0 Å². The van der Waals surface area contributed by atoms with Crippen molar-refractivity contribution < 1.29 is 14.7 Å². The highest BCUT2D eigenvalue weighted by Gasteiger charge is 2.37. The third-order valence-electron chi connectivity index (χ3n) is 5.81. The van der Waals surface area contributed by atoms with Crippen LogP contribution < -0.4 is 0 Å². The smallest absolute Gasteiger partial charge is 0.310 e. The topological polar surface area (TPSA) is 85.9 Å². The molecule has 0 spiro atoms. The van der Waals surface area contributed by atoms with Crippen molar-refractivity contribution in [2.75, 3.05) is 26.7 Å². The van der Waals surface area contributed by atoms with Crippen LogP contribution in [-0.2, 0) is 16.1 Å². The summed E-state index contributed by atoms with van der Waals surface area (Å²) in [7, 11) is 1.50. The Morgan fingerprint density at radius 2 is 1.90 bits per heavy atom. The Morgan fingerprint density at radius 1 is 1.28 bits per heavy atom. The van der Waals surface area contributed by atoms with Crippen molar-refractivity contribution in [2.45, 2.75) is 46.0 Å². The van der Waals surface area contributed by atoms with Crippen molar-refractivity contribution in [2.24, 2.45) is 22.9 Å². The first-order valence-electron chi connectivity index (χ1n) is 10.4. The molecule has 2 atom stereocenters. The third kappa shape index (κ3) is 6.57. The number of rotatable bonds is 6. The number of hydrogen-bond acceptors (Lipinski definition) is 5. The van der Waals surface area contributed by atoms with Crippen LogP contribution in [0.2, 0.25) is 0 Å². The second-order valence-corrected chi connectivity index (χ2v) is 8.41. The summed E-state index contributed by atoms with van der Waals surface area (Å²) in [6.07, 6.45) is 3.45. The maximum atomic E-state index is 10.8. The van der Waals surface area contributed by atoms with Crippen LogP contribution in [0.1, 0.15) is 50.7 Å². The molecule has 1 aromatic rings. The average molecular weight is 400 g/mol. The van der Waals surface area contributed by atoms with E-state index in [-0.39, 0.29) is 0 Å². The second-order valence-electron chi connectivity index (χ2n) is 8.41. The van der Waals surface area contributed by atoms with Crippen molar-refractivity contribution in [1.29, 1.82) is 5.26 Å². The van der Waals surface area contributed by atoms with Gasteiger partial charge in [-0.05, 0) is 62.2 Å². The number of benzene rings is 1. The molecule has 6 heteroatoms. The van der Waals surface area contributed by atoms with Gasteiger partial charge in [-0.1, -0.05) is 43.3 Å². The molecule has 0 aliphatic carbocycles. The van der Waals surface area contributed by atoms with Gasteiger partial charge in [0.1, 0.15) is 13.2 Å². The van der Waals surface area contributed by atoms with Crippen molar-refractivity contribution in [3.63, 3.8) is 0 Å². The Hall–Kier alpha value is -2.39. The van der Waals surface area contributed by atoms with Crippen LogP contribution in [0.5, 0.6) is 0 Å². The zero-order valence-corrected chi connectivity index (χ0v) is 18.0. The number of carbonyl (C=O) groups is 1. The number of fused-ring (bicyclic) bond motifs is 3. The van der Waals surface area contributed by atoms with Crippen LogP contribution in [0.4, 0.5) is 0 Å². The molecule has 3 fully saturated rings. The minimum absolute atomic E-state index is 0.308. The Labute approximate surface area is 174 Å². The zero-order valence-electron chi connectivity index (χ0n) is 18.0. The Kier molecular flexibility index (Phi) is 8.66. The lowest BCUT2D eigenvalue weighted by Crippen LogP contribution is -2.49. The van der Waals surface area contributed by atoms with Gasteiger partial charge in [0.15, 0.2) is 5.71 Å². The number of piperidine rings is 3. The number of aliphatic carboxylic acids is 1. The fourth-order valence-electron chi connectivity index (χ4n) is 4.10. The first kappa shape index (κ1) is 22.9. The van der Waals surface area contributed by atoms with Gasteiger partial charge in [-0.3, -0.25) is 4.79 Å². The van der Waals surface area contributed by atoms with E-state index in [1.807, 2.05) is 24.3 Å². The Morgan fingerprint density at radius 3 is 2.31 bits per heavy atom. The normalized spacial score (nSPS) is 24.3. The molecule has 29 heavy (non-hydrogen) atoms. The van der Waals surface area contributed by atoms with Crippen LogP contribution in [0.15, 0.2) is 29.4 Å². The molecular formula is C23H33N3O3. The highest BCUT2D eigenvalue weighted by atomic mass is 16.6. The van der Waals surface area contributed by atoms with E-state index in [2.05, 4.69) is 30.0 Å². The molecule has 0 saturated carbocycles. The van der Waals surface area contributed by atoms with E-state index in [1.165, 1.54) is 38.6 Å². The molecule has 3 heterocycles. The molecule has 1 aromatic carbocycles. The summed E-state index contributed by atoms with van der Waals surface area (Å²) in [5, 5.41) is 21.6. The van der Waals surface area contributed by atoms with Crippen LogP contribution in [0, 0.1) is 29.1 Å². The van der Waals surface area contributed by atoms with Gasteiger partial charge >= 0.3 is 5.97 Å². The Bertz CT molecular complexity index is 729. The number of nitrogens with zero attached hydrogens (tertiary/aromatic N) is 3. The van der Waals surface area contributed by atoms with E-state index in [9.17, 15) is 4.79 Å². The molecule has 3 saturated heterocycles. The zero-order chi connectivity index (χ0) is 21.4. The molecule has 2 bridgehead atoms. The Balaban J connectivity index is 0.000000207. The summed E-state index contributed by atoms with van der Waals surface area (Å²) in [5.41, 5.74) is 2.71. The summed E-state index contributed by atoms with van der Waals surface area (Å²) >= 11 is 0. The monoisotopic (exact) mass is 399 g/mol. The molecule has 3 aliphatic rings. The van der Waals surface area contributed by atoms with E-state index in [4.69, 9.17) is 15.2 Å². The number of oxime groups is 1. The quantitative estimate of drug-likeness (QED) is 0.579. The summed E-state index contributed by atoms with van der Waals surface area (Å²) in [6, 6.07) is 10.0. The van der Waals surface area contributed by atoms with Crippen LogP contribution in [0.3, 0.4) is 0 Å². The SMILES string of the molecule is CC(C)Cc1ccc(C(C)C(=O)O)cc1.CO/N=C(\C#N)[C@H]1CN2CCC1CC2. The summed E-state index contributed by atoms with van der Waals surface area (Å²) in [5.74, 6) is 0.397.